The van der Waals surface area contributed by atoms with Crippen molar-refractivity contribution in [1.29, 1.82) is 0 Å². The third kappa shape index (κ3) is 2.21. The second-order valence-electron chi connectivity index (χ2n) is 2.67. The zero-order valence-corrected chi connectivity index (χ0v) is 8.56. The minimum absolute atomic E-state index is 0.200. The second kappa shape index (κ2) is 4.45. The number of allylic oxidation sites excluding steroid dienone is 1. The SMILES string of the molecule is CCCCC1=C/C(=C/Br)OC1=O. The third-order valence-corrected chi connectivity index (χ3v) is 2.15. The lowest BCUT2D eigenvalue weighted by Gasteiger charge is -1.95. The summed E-state index contributed by atoms with van der Waals surface area (Å²) in [5, 5.41) is 0. The van der Waals surface area contributed by atoms with Gasteiger partial charge in [-0.05, 0) is 18.9 Å². The smallest absolute Gasteiger partial charge is 0.339 e. The number of rotatable bonds is 3. The van der Waals surface area contributed by atoms with Gasteiger partial charge in [0.25, 0.3) is 0 Å². The highest BCUT2D eigenvalue weighted by Gasteiger charge is 2.19. The number of hydrogen-bond acceptors (Lipinski definition) is 2. The molecule has 0 N–H and O–H groups in total. The highest BCUT2D eigenvalue weighted by atomic mass is 79.9. The Morgan fingerprint density at radius 2 is 2.42 bits per heavy atom. The van der Waals surface area contributed by atoms with E-state index in [0.29, 0.717) is 5.76 Å². The maximum Gasteiger partial charge on any atom is 0.339 e. The molecule has 0 saturated carbocycles. The van der Waals surface area contributed by atoms with Gasteiger partial charge >= 0.3 is 5.97 Å². The lowest BCUT2D eigenvalue weighted by Crippen LogP contribution is -1.98. The molecule has 1 heterocycles. The van der Waals surface area contributed by atoms with Crippen molar-refractivity contribution in [1.82, 2.24) is 0 Å². The van der Waals surface area contributed by atoms with Crippen molar-refractivity contribution in [2.75, 3.05) is 0 Å². The van der Waals surface area contributed by atoms with Crippen LogP contribution in [0.5, 0.6) is 0 Å². The number of cyclic esters (lactones) is 1. The fraction of sp³-hybridized carbons (Fsp3) is 0.444. The summed E-state index contributed by atoms with van der Waals surface area (Å²) in [6, 6.07) is 0. The van der Waals surface area contributed by atoms with E-state index in [1.807, 2.05) is 0 Å². The quantitative estimate of drug-likeness (QED) is 0.698. The number of unbranched alkanes of at least 4 members (excludes halogenated alkanes) is 1. The van der Waals surface area contributed by atoms with Crippen LogP contribution in [0.3, 0.4) is 0 Å². The highest BCUT2D eigenvalue weighted by molar-refractivity contribution is 9.11. The Morgan fingerprint density at radius 1 is 1.67 bits per heavy atom. The summed E-state index contributed by atoms with van der Waals surface area (Å²) in [6.45, 7) is 2.10. The molecule has 1 aliphatic heterocycles. The molecular weight excluding hydrogens is 220 g/mol. The predicted octanol–water partition coefficient (Wildman–Crippen LogP) is 2.90. The Hall–Kier alpha value is -0.570. The summed E-state index contributed by atoms with van der Waals surface area (Å²) >= 11 is 3.12. The Kier molecular flexibility index (Phi) is 3.53. The zero-order valence-electron chi connectivity index (χ0n) is 6.97. The van der Waals surface area contributed by atoms with Crippen molar-refractivity contribution in [2.45, 2.75) is 26.2 Å². The number of halogens is 1. The van der Waals surface area contributed by atoms with Crippen LogP contribution in [0, 0.1) is 0 Å². The molecule has 1 rings (SSSR count). The highest BCUT2D eigenvalue weighted by Crippen LogP contribution is 2.21. The van der Waals surface area contributed by atoms with Crippen molar-refractivity contribution in [3.63, 3.8) is 0 Å². The minimum Gasteiger partial charge on any atom is -0.423 e. The molecule has 0 radical (unpaired) electrons. The fourth-order valence-corrected chi connectivity index (χ4v) is 1.25. The summed E-state index contributed by atoms with van der Waals surface area (Å²) in [5.74, 6) is 0.403. The summed E-state index contributed by atoms with van der Waals surface area (Å²) in [4.78, 5) is 12.7. The minimum atomic E-state index is -0.200. The number of carbonyl (C=O) groups excluding carboxylic acids is 1. The molecule has 0 bridgehead atoms. The van der Waals surface area contributed by atoms with E-state index in [0.717, 1.165) is 24.8 Å². The Morgan fingerprint density at radius 3 is 2.92 bits per heavy atom. The van der Waals surface area contributed by atoms with Crippen molar-refractivity contribution in [3.05, 3.63) is 22.4 Å². The van der Waals surface area contributed by atoms with Crippen LogP contribution in [0.25, 0.3) is 0 Å². The molecular formula is C9H11BrO2. The average molecular weight is 231 g/mol. The first-order valence-corrected chi connectivity index (χ1v) is 4.92. The molecule has 0 saturated heterocycles. The third-order valence-electron chi connectivity index (χ3n) is 1.70. The molecule has 0 spiro atoms. The first kappa shape index (κ1) is 9.52. The number of esters is 1. The van der Waals surface area contributed by atoms with Gasteiger partial charge in [-0.15, -0.1) is 0 Å². The van der Waals surface area contributed by atoms with Gasteiger partial charge in [0.1, 0.15) is 5.76 Å². The van der Waals surface area contributed by atoms with E-state index in [-0.39, 0.29) is 5.97 Å². The molecule has 0 atom stereocenters. The summed E-state index contributed by atoms with van der Waals surface area (Å²) in [6.07, 6.45) is 4.74. The van der Waals surface area contributed by atoms with Gasteiger partial charge in [-0.25, -0.2) is 4.79 Å². The Labute approximate surface area is 80.4 Å². The molecule has 0 unspecified atom stereocenters. The van der Waals surface area contributed by atoms with Gasteiger partial charge in [0, 0.05) is 10.6 Å². The molecule has 66 valence electrons. The van der Waals surface area contributed by atoms with Crippen LogP contribution in [0.4, 0.5) is 0 Å². The van der Waals surface area contributed by atoms with E-state index >= 15 is 0 Å². The molecule has 0 aromatic carbocycles. The molecule has 1 aliphatic rings. The van der Waals surface area contributed by atoms with Crippen LogP contribution >= 0.6 is 15.9 Å². The summed E-state index contributed by atoms with van der Waals surface area (Å²) in [7, 11) is 0. The summed E-state index contributed by atoms with van der Waals surface area (Å²) in [5.41, 5.74) is 0.780. The predicted molar refractivity (Wildman–Crippen MR) is 50.7 cm³/mol. The van der Waals surface area contributed by atoms with E-state index in [1.54, 1.807) is 11.1 Å². The van der Waals surface area contributed by atoms with Gasteiger partial charge < -0.3 is 4.74 Å². The van der Waals surface area contributed by atoms with Crippen molar-refractivity contribution in [3.8, 4) is 0 Å². The van der Waals surface area contributed by atoms with Crippen molar-refractivity contribution in [2.24, 2.45) is 0 Å². The topological polar surface area (TPSA) is 26.3 Å². The van der Waals surface area contributed by atoms with Crippen molar-refractivity contribution < 1.29 is 9.53 Å². The lowest BCUT2D eigenvalue weighted by molar-refractivity contribution is -0.133. The Bertz CT molecular complexity index is 241. The summed E-state index contributed by atoms with van der Waals surface area (Å²) < 4.78 is 4.90. The largest absolute Gasteiger partial charge is 0.423 e. The Balaban J connectivity index is 2.58. The molecule has 0 aliphatic carbocycles. The molecule has 3 heteroatoms. The van der Waals surface area contributed by atoms with Gasteiger partial charge in [0.05, 0.1) is 0 Å². The normalized spacial score (nSPS) is 19.7. The second-order valence-corrected chi connectivity index (χ2v) is 3.13. The maximum atomic E-state index is 11.1. The molecule has 12 heavy (non-hydrogen) atoms. The first-order valence-electron chi connectivity index (χ1n) is 4.01. The van der Waals surface area contributed by atoms with E-state index in [4.69, 9.17) is 4.74 Å². The van der Waals surface area contributed by atoms with Gasteiger partial charge in [-0.3, -0.25) is 0 Å². The van der Waals surface area contributed by atoms with Crippen LogP contribution in [-0.4, -0.2) is 5.97 Å². The van der Waals surface area contributed by atoms with Gasteiger partial charge in [-0.1, -0.05) is 29.3 Å². The van der Waals surface area contributed by atoms with Gasteiger partial charge in [0.15, 0.2) is 0 Å². The van der Waals surface area contributed by atoms with E-state index in [2.05, 4.69) is 22.9 Å². The number of hydrogen-bond donors (Lipinski definition) is 0. The number of ether oxygens (including phenoxy) is 1. The molecule has 0 amide bonds. The van der Waals surface area contributed by atoms with Crippen LogP contribution in [0.2, 0.25) is 0 Å². The number of carbonyl (C=O) groups is 1. The van der Waals surface area contributed by atoms with Gasteiger partial charge in [0.2, 0.25) is 0 Å². The van der Waals surface area contributed by atoms with E-state index in [9.17, 15) is 4.79 Å². The zero-order chi connectivity index (χ0) is 8.97. The molecule has 0 aromatic rings. The molecule has 0 fully saturated rings. The first-order chi connectivity index (χ1) is 5.77. The van der Waals surface area contributed by atoms with Crippen LogP contribution < -0.4 is 0 Å². The lowest BCUT2D eigenvalue weighted by atomic mass is 10.1. The standard InChI is InChI=1S/C9H11BrO2/c1-2-3-4-7-5-8(6-10)12-9(7)11/h5-6H,2-4H2,1H3/b8-6-. The van der Waals surface area contributed by atoms with Crippen LogP contribution in [0.1, 0.15) is 26.2 Å². The average Bonchev–Trinajstić information content (AvgIpc) is 2.43. The van der Waals surface area contributed by atoms with Crippen LogP contribution in [0.15, 0.2) is 22.4 Å². The van der Waals surface area contributed by atoms with Crippen molar-refractivity contribution >= 4 is 21.9 Å². The molecule has 2 nitrogen and oxygen atoms in total. The van der Waals surface area contributed by atoms with E-state index < -0.39 is 0 Å². The van der Waals surface area contributed by atoms with Gasteiger partial charge in [-0.2, -0.15) is 0 Å². The van der Waals surface area contributed by atoms with E-state index in [1.165, 1.54) is 0 Å². The van der Waals surface area contributed by atoms with Crippen LogP contribution in [-0.2, 0) is 9.53 Å². The monoisotopic (exact) mass is 230 g/mol. The fourth-order valence-electron chi connectivity index (χ4n) is 1.03. The molecule has 0 aromatic heterocycles. The maximum absolute atomic E-state index is 11.1.